The summed E-state index contributed by atoms with van der Waals surface area (Å²) in [4.78, 5) is 19.0. The van der Waals surface area contributed by atoms with Gasteiger partial charge in [0.25, 0.3) is 10.0 Å². The molecule has 1 aromatic heterocycles. The lowest BCUT2D eigenvalue weighted by Gasteiger charge is -2.20. The molecule has 0 amide bonds. The van der Waals surface area contributed by atoms with E-state index in [0.29, 0.717) is 28.1 Å². The van der Waals surface area contributed by atoms with Crippen molar-refractivity contribution < 1.29 is 22.3 Å². The molecule has 0 radical (unpaired) electrons. The third kappa shape index (κ3) is 3.89. The van der Waals surface area contributed by atoms with Crippen LogP contribution in [0, 0.1) is 5.82 Å². The Morgan fingerprint density at radius 1 is 1.23 bits per heavy atom. The number of nitrogens with zero attached hydrogens (tertiary/aromatic N) is 3. The molecule has 0 unspecified atom stereocenters. The molecule has 9 heteroatoms. The van der Waals surface area contributed by atoms with Crippen molar-refractivity contribution >= 4 is 21.9 Å². The molecular weight excluding hydrogens is 361 g/mol. The quantitative estimate of drug-likeness (QED) is 0.717. The number of rotatable bonds is 6. The fraction of sp³-hybridized carbons (Fsp3) is 0.294. The standard InChI is InChI=1S/C17H18FN3O4S/c1-11(2)14-16(25-4)15(12-5-7-13(18)8-6-12)20-17(19-14)21(3)26(23,24)10-9-22/h5-8,10-11H,1-4H3. The van der Waals surface area contributed by atoms with Gasteiger partial charge in [0.1, 0.15) is 22.9 Å². The van der Waals surface area contributed by atoms with Crippen molar-refractivity contribution in [2.24, 2.45) is 0 Å². The summed E-state index contributed by atoms with van der Waals surface area (Å²) in [5.74, 6) is 0.951. The molecule has 0 saturated heterocycles. The summed E-state index contributed by atoms with van der Waals surface area (Å²) in [6.45, 7) is 3.73. The van der Waals surface area contributed by atoms with Gasteiger partial charge in [0.2, 0.25) is 5.95 Å². The van der Waals surface area contributed by atoms with E-state index in [0.717, 1.165) is 4.31 Å². The summed E-state index contributed by atoms with van der Waals surface area (Å²) in [6, 6.07) is 5.55. The Balaban J connectivity index is 2.76. The summed E-state index contributed by atoms with van der Waals surface area (Å²) in [5.41, 5.74) is 1.33. The Kier molecular flexibility index (Phi) is 5.74. The van der Waals surface area contributed by atoms with Gasteiger partial charge in [-0.15, -0.1) is 0 Å². The third-order valence-corrected chi connectivity index (χ3v) is 4.93. The SMILES string of the molecule is COc1c(-c2ccc(F)cc2)nc(N(C)S(=O)(=O)C=C=O)nc1C(C)C. The van der Waals surface area contributed by atoms with Crippen molar-refractivity contribution in [1.29, 1.82) is 0 Å². The highest BCUT2D eigenvalue weighted by Gasteiger charge is 2.24. The molecular formula is C17H18FN3O4S. The number of hydrogen-bond donors (Lipinski definition) is 0. The Morgan fingerprint density at radius 3 is 2.35 bits per heavy atom. The van der Waals surface area contributed by atoms with E-state index >= 15 is 0 Å². The maximum atomic E-state index is 13.2. The molecule has 0 aliphatic rings. The molecule has 138 valence electrons. The van der Waals surface area contributed by atoms with Crippen LogP contribution in [0.2, 0.25) is 0 Å². The number of carbonyl (C=O) groups excluding carboxylic acids is 1. The fourth-order valence-electron chi connectivity index (χ4n) is 2.25. The highest BCUT2D eigenvalue weighted by Crippen LogP contribution is 2.36. The Morgan fingerprint density at radius 2 is 1.85 bits per heavy atom. The molecule has 0 aliphatic heterocycles. The second-order valence-electron chi connectivity index (χ2n) is 5.70. The van der Waals surface area contributed by atoms with Crippen LogP contribution in [-0.4, -0.2) is 38.5 Å². The van der Waals surface area contributed by atoms with Crippen molar-refractivity contribution in [1.82, 2.24) is 9.97 Å². The van der Waals surface area contributed by atoms with Gasteiger partial charge in [-0.05, 0) is 30.2 Å². The first kappa shape index (κ1) is 19.6. The van der Waals surface area contributed by atoms with Gasteiger partial charge in [0, 0.05) is 12.6 Å². The minimum atomic E-state index is -4.07. The number of halogens is 1. The lowest BCUT2D eigenvalue weighted by molar-refractivity contribution is 0.404. The molecule has 2 aromatic rings. The summed E-state index contributed by atoms with van der Waals surface area (Å²) in [7, 11) is -1.40. The average Bonchev–Trinajstić information content (AvgIpc) is 2.60. The third-order valence-electron chi connectivity index (χ3n) is 3.61. The monoisotopic (exact) mass is 379 g/mol. The van der Waals surface area contributed by atoms with Crippen LogP contribution in [0.15, 0.2) is 29.7 Å². The van der Waals surface area contributed by atoms with Crippen LogP contribution in [-0.2, 0) is 14.8 Å². The Bertz CT molecular complexity index is 953. The molecule has 0 bridgehead atoms. The average molecular weight is 379 g/mol. The highest BCUT2D eigenvalue weighted by atomic mass is 32.2. The molecule has 0 spiro atoms. The zero-order chi connectivity index (χ0) is 19.5. The number of benzene rings is 1. The largest absolute Gasteiger partial charge is 0.493 e. The number of anilines is 1. The van der Waals surface area contributed by atoms with Crippen molar-refractivity contribution in [2.45, 2.75) is 19.8 Å². The highest BCUT2D eigenvalue weighted by molar-refractivity contribution is 7.95. The summed E-state index contributed by atoms with van der Waals surface area (Å²) in [5, 5.41) is 0.396. The Labute approximate surface area is 151 Å². The van der Waals surface area contributed by atoms with Gasteiger partial charge in [0.05, 0.1) is 12.8 Å². The molecule has 0 saturated carbocycles. The van der Waals surface area contributed by atoms with Crippen LogP contribution in [0.4, 0.5) is 10.3 Å². The van der Waals surface area contributed by atoms with Gasteiger partial charge < -0.3 is 4.74 Å². The van der Waals surface area contributed by atoms with Crippen LogP contribution < -0.4 is 9.04 Å². The predicted octanol–water partition coefficient (Wildman–Crippen LogP) is 2.53. The van der Waals surface area contributed by atoms with Gasteiger partial charge in [-0.2, -0.15) is 0 Å². The van der Waals surface area contributed by atoms with Gasteiger partial charge >= 0.3 is 0 Å². The molecule has 26 heavy (non-hydrogen) atoms. The molecule has 1 aromatic carbocycles. The number of ether oxygens (including phenoxy) is 1. The molecule has 0 atom stereocenters. The minimum absolute atomic E-state index is 0.108. The van der Waals surface area contributed by atoms with Crippen LogP contribution in [0.5, 0.6) is 5.75 Å². The first-order valence-corrected chi connectivity index (χ1v) is 9.13. The van der Waals surface area contributed by atoms with E-state index in [9.17, 15) is 17.6 Å². The van der Waals surface area contributed by atoms with Gasteiger partial charge in [0.15, 0.2) is 5.75 Å². The van der Waals surface area contributed by atoms with Crippen molar-refractivity contribution in [3.05, 3.63) is 41.2 Å². The van der Waals surface area contributed by atoms with Crippen molar-refractivity contribution in [3.8, 4) is 17.0 Å². The van der Waals surface area contributed by atoms with E-state index in [2.05, 4.69) is 9.97 Å². The molecule has 0 aliphatic carbocycles. The topological polar surface area (TPSA) is 89.5 Å². The van der Waals surface area contributed by atoms with Gasteiger partial charge in [-0.1, -0.05) is 13.8 Å². The lowest BCUT2D eigenvalue weighted by Crippen LogP contribution is -2.27. The van der Waals surface area contributed by atoms with Gasteiger partial charge in [-0.25, -0.2) is 31.9 Å². The number of sulfonamides is 1. The molecule has 1 heterocycles. The van der Waals surface area contributed by atoms with Crippen molar-refractivity contribution in [2.75, 3.05) is 18.5 Å². The first-order chi connectivity index (χ1) is 12.2. The van der Waals surface area contributed by atoms with E-state index in [1.54, 1.807) is 0 Å². The number of methoxy groups -OCH3 is 1. The van der Waals surface area contributed by atoms with E-state index in [1.165, 1.54) is 44.4 Å². The second-order valence-corrected chi connectivity index (χ2v) is 7.51. The predicted molar refractivity (Wildman–Crippen MR) is 95.7 cm³/mol. The zero-order valence-electron chi connectivity index (χ0n) is 14.7. The maximum absolute atomic E-state index is 13.2. The van der Waals surface area contributed by atoms with E-state index in [-0.39, 0.29) is 11.9 Å². The van der Waals surface area contributed by atoms with Gasteiger partial charge in [-0.3, -0.25) is 0 Å². The summed E-state index contributed by atoms with van der Waals surface area (Å²) < 4.78 is 43.7. The van der Waals surface area contributed by atoms with Crippen LogP contribution in [0.1, 0.15) is 25.5 Å². The molecule has 0 fully saturated rings. The molecule has 2 rings (SSSR count). The zero-order valence-corrected chi connectivity index (χ0v) is 15.5. The molecule has 0 N–H and O–H groups in total. The number of aromatic nitrogens is 2. The van der Waals surface area contributed by atoms with Crippen LogP contribution in [0.25, 0.3) is 11.3 Å². The minimum Gasteiger partial charge on any atom is -0.493 e. The Hall–Kier alpha value is -2.77. The van der Waals surface area contributed by atoms with Crippen LogP contribution >= 0.6 is 0 Å². The first-order valence-electron chi connectivity index (χ1n) is 7.63. The van der Waals surface area contributed by atoms with Crippen LogP contribution in [0.3, 0.4) is 0 Å². The van der Waals surface area contributed by atoms with E-state index in [4.69, 9.17) is 4.74 Å². The fourth-order valence-corrected chi connectivity index (χ4v) is 2.83. The van der Waals surface area contributed by atoms with Crippen molar-refractivity contribution in [3.63, 3.8) is 0 Å². The maximum Gasteiger partial charge on any atom is 0.270 e. The smallest absolute Gasteiger partial charge is 0.270 e. The van der Waals surface area contributed by atoms with E-state index < -0.39 is 15.8 Å². The molecule has 7 nitrogen and oxygen atoms in total. The normalized spacial score (nSPS) is 11.2. The lowest BCUT2D eigenvalue weighted by atomic mass is 10.0. The number of hydrogen-bond acceptors (Lipinski definition) is 6. The summed E-state index contributed by atoms with van der Waals surface area (Å²) >= 11 is 0. The summed E-state index contributed by atoms with van der Waals surface area (Å²) in [6.07, 6.45) is 0. The van der Waals surface area contributed by atoms with E-state index in [1.807, 2.05) is 13.8 Å². The second kappa shape index (κ2) is 7.63.